The number of phenolic OH excluding ortho intramolecular Hbond substituents is 1. The highest BCUT2D eigenvalue weighted by atomic mass is 35.5. The fourth-order valence-electron chi connectivity index (χ4n) is 3.65. The number of phenols is 1. The molecular formula is C21H16ClN3O2. The highest BCUT2D eigenvalue weighted by Crippen LogP contribution is 2.47. The molecule has 0 spiro atoms. The third-order valence-corrected chi connectivity index (χ3v) is 5.14. The molecular weight excluding hydrogens is 362 g/mol. The van der Waals surface area contributed by atoms with Gasteiger partial charge in [-0.15, -0.1) is 0 Å². The summed E-state index contributed by atoms with van der Waals surface area (Å²) >= 11 is 6.14. The summed E-state index contributed by atoms with van der Waals surface area (Å²) in [6.07, 6.45) is 1.97. The molecule has 5 rings (SSSR count). The fourth-order valence-corrected chi connectivity index (χ4v) is 3.83. The Bertz CT molecular complexity index is 1040. The highest BCUT2D eigenvalue weighted by Gasteiger charge is 2.41. The van der Waals surface area contributed by atoms with Crippen LogP contribution >= 0.6 is 11.6 Å². The van der Waals surface area contributed by atoms with Crippen LogP contribution in [0.2, 0.25) is 5.02 Å². The maximum absolute atomic E-state index is 10.3. The number of para-hydroxylation sites is 1. The second kappa shape index (κ2) is 6.28. The lowest BCUT2D eigenvalue weighted by molar-refractivity contribution is -0.0218. The Balaban J connectivity index is 1.62. The summed E-state index contributed by atoms with van der Waals surface area (Å²) < 4.78 is 6.24. The summed E-state index contributed by atoms with van der Waals surface area (Å²) in [6.45, 7) is 0. The fraction of sp³-hybridized carbons (Fsp3) is 0.143. The van der Waals surface area contributed by atoms with Crippen LogP contribution in [-0.4, -0.2) is 20.8 Å². The van der Waals surface area contributed by atoms with Gasteiger partial charge in [-0.25, -0.2) is 5.01 Å². The standard InChI is InChI=1S/C21H16ClN3O2/c22-13-8-9-19(26)15(11-13)17-12-18-14-5-1-2-7-20(14)27-21(25(18)24-17)16-6-3-4-10-23-16/h1-11,18,21,26H,12H2/t18-,21+/m1/s1. The molecule has 2 atom stereocenters. The van der Waals surface area contributed by atoms with E-state index in [2.05, 4.69) is 11.1 Å². The second-order valence-corrected chi connectivity index (χ2v) is 7.01. The third kappa shape index (κ3) is 2.71. The summed E-state index contributed by atoms with van der Waals surface area (Å²) in [5.74, 6) is 1.00. The molecule has 5 nitrogen and oxygen atoms in total. The van der Waals surface area contributed by atoms with Crippen LogP contribution in [0.5, 0.6) is 11.5 Å². The molecule has 1 aromatic heterocycles. The Hall–Kier alpha value is -3.05. The molecule has 3 aromatic rings. The van der Waals surface area contributed by atoms with Crippen LogP contribution in [-0.2, 0) is 0 Å². The molecule has 6 heteroatoms. The lowest BCUT2D eigenvalue weighted by Crippen LogP contribution is -2.34. The van der Waals surface area contributed by atoms with Gasteiger partial charge in [0.1, 0.15) is 17.2 Å². The molecule has 1 N–H and O–H groups in total. The van der Waals surface area contributed by atoms with Gasteiger partial charge in [0.2, 0.25) is 6.23 Å². The molecule has 0 bridgehead atoms. The summed E-state index contributed by atoms with van der Waals surface area (Å²) in [6, 6.07) is 18.7. The van der Waals surface area contributed by atoms with Gasteiger partial charge in [0.15, 0.2) is 0 Å². The molecule has 2 aliphatic rings. The van der Waals surface area contributed by atoms with E-state index in [9.17, 15) is 5.11 Å². The Morgan fingerprint density at radius 2 is 1.93 bits per heavy atom. The van der Waals surface area contributed by atoms with Crippen LogP contribution in [0.15, 0.2) is 72.0 Å². The molecule has 0 radical (unpaired) electrons. The van der Waals surface area contributed by atoms with Gasteiger partial charge in [0, 0.05) is 28.8 Å². The number of rotatable bonds is 2. The van der Waals surface area contributed by atoms with Crippen molar-refractivity contribution in [2.75, 3.05) is 0 Å². The van der Waals surface area contributed by atoms with E-state index in [1.807, 2.05) is 41.4 Å². The van der Waals surface area contributed by atoms with Gasteiger partial charge >= 0.3 is 0 Å². The van der Waals surface area contributed by atoms with E-state index in [0.717, 1.165) is 22.7 Å². The minimum absolute atomic E-state index is 0.00957. The number of benzene rings is 2. The van der Waals surface area contributed by atoms with Crippen LogP contribution in [0.1, 0.15) is 35.5 Å². The minimum atomic E-state index is -0.426. The van der Waals surface area contributed by atoms with Crippen molar-refractivity contribution in [3.05, 3.63) is 88.7 Å². The molecule has 27 heavy (non-hydrogen) atoms. The number of fused-ring (bicyclic) bond motifs is 3. The Kier molecular flexibility index (Phi) is 3.76. The molecule has 0 amide bonds. The second-order valence-electron chi connectivity index (χ2n) is 6.57. The molecule has 134 valence electrons. The Labute approximate surface area is 161 Å². The van der Waals surface area contributed by atoms with Gasteiger partial charge in [-0.1, -0.05) is 35.9 Å². The molecule has 0 unspecified atom stereocenters. The van der Waals surface area contributed by atoms with E-state index >= 15 is 0 Å². The zero-order valence-corrected chi connectivity index (χ0v) is 15.0. The van der Waals surface area contributed by atoms with Crippen molar-refractivity contribution in [2.45, 2.75) is 18.7 Å². The number of pyridine rings is 1. The van der Waals surface area contributed by atoms with Crippen molar-refractivity contribution >= 4 is 17.3 Å². The van der Waals surface area contributed by atoms with Gasteiger partial charge in [0.25, 0.3) is 0 Å². The molecule has 0 saturated carbocycles. The quantitative estimate of drug-likeness (QED) is 0.704. The predicted molar refractivity (Wildman–Crippen MR) is 103 cm³/mol. The van der Waals surface area contributed by atoms with Crippen molar-refractivity contribution in [3.8, 4) is 11.5 Å². The maximum Gasteiger partial charge on any atom is 0.230 e. The van der Waals surface area contributed by atoms with Crippen molar-refractivity contribution in [3.63, 3.8) is 0 Å². The number of ether oxygens (including phenoxy) is 1. The lowest BCUT2D eigenvalue weighted by atomic mass is 9.96. The first-order valence-electron chi connectivity index (χ1n) is 8.72. The van der Waals surface area contributed by atoms with Crippen molar-refractivity contribution in [1.29, 1.82) is 0 Å². The maximum atomic E-state index is 10.3. The number of hydrogen-bond acceptors (Lipinski definition) is 5. The molecule has 0 saturated heterocycles. The molecule has 2 aromatic carbocycles. The van der Waals surface area contributed by atoms with Gasteiger partial charge in [-0.3, -0.25) is 4.98 Å². The van der Waals surface area contributed by atoms with E-state index in [-0.39, 0.29) is 11.8 Å². The molecule has 0 aliphatic carbocycles. The average Bonchev–Trinajstić information content (AvgIpc) is 3.15. The summed E-state index contributed by atoms with van der Waals surface area (Å²) in [4.78, 5) is 4.46. The highest BCUT2D eigenvalue weighted by molar-refractivity contribution is 6.31. The van der Waals surface area contributed by atoms with Gasteiger partial charge in [-0.2, -0.15) is 5.10 Å². The summed E-state index contributed by atoms with van der Waals surface area (Å²) in [5, 5.41) is 17.6. The number of halogens is 1. The van der Waals surface area contributed by atoms with Gasteiger partial charge < -0.3 is 9.84 Å². The third-order valence-electron chi connectivity index (χ3n) is 4.91. The minimum Gasteiger partial charge on any atom is -0.507 e. The van der Waals surface area contributed by atoms with Crippen LogP contribution in [0, 0.1) is 0 Å². The van der Waals surface area contributed by atoms with E-state index in [4.69, 9.17) is 21.4 Å². The SMILES string of the molecule is Oc1ccc(Cl)cc1C1=NN2[C@H](C1)c1ccccc1O[C@H]2c1ccccn1. The average molecular weight is 378 g/mol. The van der Waals surface area contributed by atoms with Crippen molar-refractivity contribution < 1.29 is 9.84 Å². The van der Waals surface area contributed by atoms with Crippen LogP contribution in [0.3, 0.4) is 0 Å². The molecule has 2 aliphatic heterocycles. The Morgan fingerprint density at radius 1 is 1.07 bits per heavy atom. The van der Waals surface area contributed by atoms with Crippen LogP contribution < -0.4 is 4.74 Å². The van der Waals surface area contributed by atoms with E-state index in [1.54, 1.807) is 24.4 Å². The molecule has 0 fully saturated rings. The van der Waals surface area contributed by atoms with Gasteiger partial charge in [-0.05, 0) is 36.4 Å². The predicted octanol–water partition coefficient (Wildman–Crippen LogP) is 4.68. The number of hydrazone groups is 1. The first kappa shape index (κ1) is 16.1. The van der Waals surface area contributed by atoms with E-state index in [0.29, 0.717) is 17.0 Å². The normalized spacial score (nSPS) is 20.5. The van der Waals surface area contributed by atoms with Gasteiger partial charge in [0.05, 0.1) is 11.8 Å². The number of aromatic hydroxyl groups is 1. The Morgan fingerprint density at radius 3 is 2.78 bits per heavy atom. The number of hydrogen-bond donors (Lipinski definition) is 1. The smallest absolute Gasteiger partial charge is 0.230 e. The molecule has 3 heterocycles. The van der Waals surface area contributed by atoms with Crippen LogP contribution in [0.4, 0.5) is 0 Å². The monoisotopic (exact) mass is 377 g/mol. The summed E-state index contributed by atoms with van der Waals surface area (Å²) in [5.41, 5.74) is 3.29. The van der Waals surface area contributed by atoms with Crippen molar-refractivity contribution in [2.24, 2.45) is 5.10 Å². The largest absolute Gasteiger partial charge is 0.507 e. The number of nitrogens with zero attached hydrogens (tertiary/aromatic N) is 3. The zero-order valence-electron chi connectivity index (χ0n) is 14.3. The first-order valence-corrected chi connectivity index (χ1v) is 9.10. The van der Waals surface area contributed by atoms with Crippen LogP contribution in [0.25, 0.3) is 0 Å². The lowest BCUT2D eigenvalue weighted by Gasteiger charge is -2.37. The first-order chi connectivity index (χ1) is 13.2. The van der Waals surface area contributed by atoms with E-state index < -0.39 is 6.23 Å². The topological polar surface area (TPSA) is 58.0 Å². The van der Waals surface area contributed by atoms with Crippen molar-refractivity contribution in [1.82, 2.24) is 9.99 Å². The van der Waals surface area contributed by atoms with E-state index in [1.165, 1.54) is 0 Å². The number of aromatic nitrogens is 1. The zero-order chi connectivity index (χ0) is 18.4. The summed E-state index contributed by atoms with van der Waals surface area (Å²) in [7, 11) is 0.